The first-order chi connectivity index (χ1) is 7.81. The monoisotopic (exact) mass is 345 g/mol. The van der Waals surface area contributed by atoms with E-state index in [-0.39, 0.29) is 18.2 Å². The maximum atomic E-state index is 12.1. The van der Waals surface area contributed by atoms with Crippen LogP contribution in [0.3, 0.4) is 0 Å². The normalized spacial score (nSPS) is 12.5. The Morgan fingerprint density at radius 2 is 2.00 bits per heavy atom. The zero-order valence-electron chi connectivity index (χ0n) is 9.21. The highest BCUT2D eigenvalue weighted by atomic mass is 79.9. The SMILES string of the molecule is C=CC[C@@H](N)c1cc(Br)cc(OC(F)(F)F)c1.Cl. The standard InChI is InChI=1S/C11H11BrF3NO.ClH/c1-2-3-10(16)7-4-8(12)6-9(5-7)17-11(13,14)15;/h2,4-6,10H,1,3,16H2;1H/t10-;/m1./s1. The number of hydrogen-bond donors (Lipinski definition) is 1. The number of benzene rings is 1. The lowest BCUT2D eigenvalue weighted by Crippen LogP contribution is -2.17. The highest BCUT2D eigenvalue weighted by Gasteiger charge is 2.31. The average Bonchev–Trinajstić information content (AvgIpc) is 2.14. The van der Waals surface area contributed by atoms with Crippen molar-refractivity contribution in [2.24, 2.45) is 5.73 Å². The summed E-state index contributed by atoms with van der Waals surface area (Å²) in [4.78, 5) is 0. The van der Waals surface area contributed by atoms with Gasteiger partial charge in [-0.1, -0.05) is 22.0 Å². The molecule has 1 aromatic rings. The first-order valence-electron chi connectivity index (χ1n) is 4.74. The van der Waals surface area contributed by atoms with E-state index < -0.39 is 12.4 Å². The van der Waals surface area contributed by atoms with Crippen LogP contribution in [-0.2, 0) is 0 Å². The van der Waals surface area contributed by atoms with Gasteiger partial charge in [-0.2, -0.15) is 0 Å². The van der Waals surface area contributed by atoms with E-state index in [0.717, 1.165) is 0 Å². The fourth-order valence-electron chi connectivity index (χ4n) is 1.31. The maximum absolute atomic E-state index is 12.1. The quantitative estimate of drug-likeness (QED) is 0.823. The van der Waals surface area contributed by atoms with E-state index in [1.54, 1.807) is 12.1 Å². The number of hydrogen-bond acceptors (Lipinski definition) is 2. The molecule has 1 aromatic carbocycles. The Hall–Kier alpha value is -0.720. The fourth-order valence-corrected chi connectivity index (χ4v) is 1.80. The molecule has 1 atom stereocenters. The van der Waals surface area contributed by atoms with Crippen LogP contribution in [-0.4, -0.2) is 6.36 Å². The van der Waals surface area contributed by atoms with Crippen molar-refractivity contribution in [3.8, 4) is 5.75 Å². The Morgan fingerprint density at radius 3 is 2.50 bits per heavy atom. The van der Waals surface area contributed by atoms with Gasteiger partial charge in [-0.15, -0.1) is 32.2 Å². The van der Waals surface area contributed by atoms with E-state index in [1.165, 1.54) is 12.1 Å². The summed E-state index contributed by atoms with van der Waals surface area (Å²) in [5, 5.41) is 0. The molecular weight excluding hydrogens is 334 g/mol. The first-order valence-corrected chi connectivity index (χ1v) is 5.54. The summed E-state index contributed by atoms with van der Waals surface area (Å²) in [6.07, 6.45) is -2.63. The second-order valence-corrected chi connectivity index (χ2v) is 4.31. The molecule has 0 saturated carbocycles. The summed E-state index contributed by atoms with van der Waals surface area (Å²) < 4.78 is 40.5. The van der Waals surface area contributed by atoms with Crippen molar-refractivity contribution in [3.05, 3.63) is 40.9 Å². The van der Waals surface area contributed by atoms with Crippen molar-refractivity contribution in [1.29, 1.82) is 0 Å². The van der Waals surface area contributed by atoms with Crippen molar-refractivity contribution in [3.63, 3.8) is 0 Å². The smallest absolute Gasteiger partial charge is 0.406 e. The van der Waals surface area contributed by atoms with Crippen LogP contribution in [0.2, 0.25) is 0 Å². The van der Waals surface area contributed by atoms with Crippen LogP contribution in [0.1, 0.15) is 18.0 Å². The summed E-state index contributed by atoms with van der Waals surface area (Å²) in [7, 11) is 0. The third-order valence-corrected chi connectivity index (χ3v) is 2.43. The molecule has 0 aliphatic carbocycles. The summed E-state index contributed by atoms with van der Waals surface area (Å²) >= 11 is 3.11. The van der Waals surface area contributed by atoms with Crippen LogP contribution in [0.5, 0.6) is 5.75 Å². The van der Waals surface area contributed by atoms with Crippen LogP contribution in [0.15, 0.2) is 35.3 Å². The Kier molecular flexibility index (Phi) is 6.73. The molecule has 1 rings (SSSR count). The molecule has 0 aliphatic rings. The van der Waals surface area contributed by atoms with E-state index in [1.807, 2.05) is 0 Å². The summed E-state index contributed by atoms with van der Waals surface area (Å²) in [6, 6.07) is 3.75. The van der Waals surface area contributed by atoms with Gasteiger partial charge in [-0.25, -0.2) is 0 Å². The van der Waals surface area contributed by atoms with Crippen molar-refractivity contribution in [2.75, 3.05) is 0 Å². The Morgan fingerprint density at radius 1 is 1.39 bits per heavy atom. The molecule has 0 unspecified atom stereocenters. The van der Waals surface area contributed by atoms with Crippen molar-refractivity contribution < 1.29 is 17.9 Å². The maximum Gasteiger partial charge on any atom is 0.573 e. The molecule has 0 amide bonds. The lowest BCUT2D eigenvalue weighted by atomic mass is 10.0. The molecule has 0 aromatic heterocycles. The number of nitrogens with two attached hydrogens (primary N) is 1. The number of rotatable bonds is 4. The summed E-state index contributed by atoms with van der Waals surface area (Å²) in [5.74, 6) is -0.290. The molecule has 0 spiro atoms. The molecule has 2 N–H and O–H groups in total. The highest BCUT2D eigenvalue weighted by Crippen LogP contribution is 2.29. The van der Waals surface area contributed by atoms with Crippen molar-refractivity contribution in [2.45, 2.75) is 18.8 Å². The zero-order valence-corrected chi connectivity index (χ0v) is 11.6. The van der Waals surface area contributed by atoms with E-state index in [0.29, 0.717) is 16.5 Å². The van der Waals surface area contributed by atoms with Gasteiger partial charge < -0.3 is 10.5 Å². The zero-order chi connectivity index (χ0) is 13.1. The number of alkyl halides is 3. The van der Waals surface area contributed by atoms with Crippen molar-refractivity contribution in [1.82, 2.24) is 0 Å². The predicted molar refractivity (Wildman–Crippen MR) is 69.8 cm³/mol. The first kappa shape index (κ1) is 17.3. The fraction of sp³-hybridized carbons (Fsp3) is 0.273. The summed E-state index contributed by atoms with van der Waals surface area (Å²) in [6.45, 7) is 3.53. The van der Waals surface area contributed by atoms with Gasteiger partial charge in [0.2, 0.25) is 0 Å². The summed E-state index contributed by atoms with van der Waals surface area (Å²) in [5.41, 5.74) is 6.33. The van der Waals surface area contributed by atoms with Crippen LogP contribution in [0.25, 0.3) is 0 Å². The minimum Gasteiger partial charge on any atom is -0.406 e. The van der Waals surface area contributed by atoms with Gasteiger partial charge in [0.1, 0.15) is 5.75 Å². The molecule has 0 radical (unpaired) electrons. The van der Waals surface area contributed by atoms with Gasteiger partial charge in [-0.05, 0) is 30.2 Å². The van der Waals surface area contributed by atoms with E-state index in [9.17, 15) is 13.2 Å². The molecule has 0 heterocycles. The average molecular weight is 347 g/mol. The van der Waals surface area contributed by atoms with Gasteiger partial charge in [0.15, 0.2) is 0 Å². The third kappa shape index (κ3) is 5.75. The van der Waals surface area contributed by atoms with E-state index in [4.69, 9.17) is 5.73 Å². The second kappa shape index (κ2) is 7.01. The Bertz CT molecular complexity index is 412. The molecule has 0 bridgehead atoms. The van der Waals surface area contributed by atoms with Gasteiger partial charge in [0.05, 0.1) is 0 Å². The lowest BCUT2D eigenvalue weighted by Gasteiger charge is -2.14. The second-order valence-electron chi connectivity index (χ2n) is 3.40. The minimum atomic E-state index is -4.71. The molecule has 102 valence electrons. The molecule has 7 heteroatoms. The largest absolute Gasteiger partial charge is 0.573 e. The molecule has 2 nitrogen and oxygen atoms in total. The Labute approximate surface area is 118 Å². The molecule has 0 fully saturated rings. The van der Waals surface area contributed by atoms with E-state index in [2.05, 4.69) is 27.2 Å². The molecule has 0 aliphatic heterocycles. The third-order valence-electron chi connectivity index (χ3n) is 1.98. The van der Waals surface area contributed by atoms with Gasteiger partial charge in [-0.3, -0.25) is 0 Å². The molecule has 0 saturated heterocycles. The van der Waals surface area contributed by atoms with Crippen LogP contribution in [0.4, 0.5) is 13.2 Å². The molecular formula is C11H12BrClF3NO. The topological polar surface area (TPSA) is 35.2 Å². The van der Waals surface area contributed by atoms with E-state index >= 15 is 0 Å². The van der Waals surface area contributed by atoms with Crippen LogP contribution < -0.4 is 10.5 Å². The lowest BCUT2D eigenvalue weighted by molar-refractivity contribution is -0.274. The number of halogens is 5. The number of ether oxygens (including phenoxy) is 1. The van der Waals surface area contributed by atoms with Crippen molar-refractivity contribution >= 4 is 28.3 Å². The van der Waals surface area contributed by atoms with Gasteiger partial charge in [0, 0.05) is 10.5 Å². The van der Waals surface area contributed by atoms with Gasteiger partial charge >= 0.3 is 6.36 Å². The highest BCUT2D eigenvalue weighted by molar-refractivity contribution is 9.10. The van der Waals surface area contributed by atoms with Crippen LogP contribution in [0, 0.1) is 0 Å². The van der Waals surface area contributed by atoms with Crippen LogP contribution >= 0.6 is 28.3 Å². The molecule has 18 heavy (non-hydrogen) atoms. The van der Waals surface area contributed by atoms with Gasteiger partial charge in [0.25, 0.3) is 0 Å². The predicted octanol–water partition coefficient (Wildman–Crippen LogP) is 4.35. The Balaban J connectivity index is 0.00000289. The minimum absolute atomic E-state index is 0.